The summed E-state index contributed by atoms with van der Waals surface area (Å²) < 4.78 is 13.1. The van der Waals surface area contributed by atoms with Crippen LogP contribution in [0.1, 0.15) is 76.8 Å². The zero-order valence-corrected chi connectivity index (χ0v) is 19.9. The first-order valence-electron chi connectivity index (χ1n) is 12.9. The molecule has 0 N–H and O–H groups in total. The number of hydrogen-bond acceptors (Lipinski definition) is 2. The van der Waals surface area contributed by atoms with Crippen LogP contribution >= 0.6 is 0 Å². The van der Waals surface area contributed by atoms with Gasteiger partial charge in [-0.3, -0.25) is 0 Å². The maximum absolute atomic E-state index is 6.54. The summed E-state index contributed by atoms with van der Waals surface area (Å²) in [5, 5.41) is 0. The van der Waals surface area contributed by atoms with Crippen molar-refractivity contribution < 1.29 is 9.31 Å². The van der Waals surface area contributed by atoms with Crippen LogP contribution in [0.25, 0.3) is 11.1 Å². The van der Waals surface area contributed by atoms with Crippen LogP contribution in [0.4, 0.5) is 0 Å². The summed E-state index contributed by atoms with van der Waals surface area (Å²) in [7, 11) is -0.305. The number of benzene rings is 2. The molecule has 4 saturated carbocycles. The fourth-order valence-corrected chi connectivity index (χ4v) is 8.42. The van der Waals surface area contributed by atoms with E-state index in [1.165, 1.54) is 54.3 Å². The van der Waals surface area contributed by atoms with Gasteiger partial charge in [0.2, 0.25) is 0 Å². The quantitative estimate of drug-likeness (QED) is 0.535. The Morgan fingerprint density at radius 3 is 1.97 bits per heavy atom. The van der Waals surface area contributed by atoms with E-state index in [1.54, 1.807) is 5.56 Å². The highest BCUT2D eigenvalue weighted by molar-refractivity contribution is 6.64. The fraction of sp³-hybridized carbons (Fsp3) is 0.586. The van der Waals surface area contributed by atoms with E-state index in [-0.39, 0.29) is 18.3 Å². The van der Waals surface area contributed by atoms with E-state index in [4.69, 9.17) is 9.31 Å². The van der Waals surface area contributed by atoms with E-state index in [9.17, 15) is 0 Å². The van der Waals surface area contributed by atoms with Crippen LogP contribution in [0.2, 0.25) is 0 Å². The minimum absolute atomic E-state index is 0.305. The predicted octanol–water partition coefficient (Wildman–Crippen LogP) is 6.17. The maximum atomic E-state index is 6.54. The molecule has 1 unspecified atom stereocenters. The molecule has 3 heteroatoms. The van der Waals surface area contributed by atoms with Crippen LogP contribution in [0.5, 0.6) is 0 Å². The van der Waals surface area contributed by atoms with Crippen molar-refractivity contribution in [3.05, 3.63) is 53.6 Å². The van der Waals surface area contributed by atoms with Crippen LogP contribution < -0.4 is 5.46 Å². The highest BCUT2D eigenvalue weighted by Gasteiger charge is 2.55. The highest BCUT2D eigenvalue weighted by atomic mass is 16.7. The van der Waals surface area contributed by atoms with Crippen molar-refractivity contribution in [3.8, 4) is 11.1 Å². The standard InChI is InChI=1S/C29H35BO2/c1-28(2)29(3,4)32-30(31-28)24-11-7-10-23-26(24)21-8-5-6-9-22(21)27(23)25-19-13-17-12-18(15-19)16-20(25)14-17/h5-11,17-20,25,27H,12-16H2,1-4H3. The summed E-state index contributed by atoms with van der Waals surface area (Å²) in [5.74, 6) is 5.20. The number of hydrogen-bond donors (Lipinski definition) is 0. The first kappa shape index (κ1) is 19.9. The van der Waals surface area contributed by atoms with Gasteiger partial charge in [0.05, 0.1) is 11.2 Å². The second-order valence-electron chi connectivity index (χ2n) is 12.5. The van der Waals surface area contributed by atoms with Gasteiger partial charge in [0.15, 0.2) is 0 Å². The van der Waals surface area contributed by atoms with Gasteiger partial charge in [-0.1, -0.05) is 42.5 Å². The second kappa shape index (κ2) is 6.51. The van der Waals surface area contributed by atoms with E-state index < -0.39 is 0 Å². The topological polar surface area (TPSA) is 18.5 Å². The molecule has 0 aromatic heterocycles. The van der Waals surface area contributed by atoms with Crippen LogP contribution in [0.15, 0.2) is 42.5 Å². The lowest BCUT2D eigenvalue weighted by Gasteiger charge is -2.56. The summed E-state index contributed by atoms with van der Waals surface area (Å²) >= 11 is 0. The molecule has 166 valence electrons. The molecular formula is C29H35BO2. The van der Waals surface area contributed by atoms with Crippen LogP contribution in [0.3, 0.4) is 0 Å². The first-order chi connectivity index (χ1) is 15.3. The molecule has 32 heavy (non-hydrogen) atoms. The zero-order valence-electron chi connectivity index (χ0n) is 19.9. The van der Waals surface area contributed by atoms with E-state index in [2.05, 4.69) is 70.2 Å². The SMILES string of the molecule is CC1(C)OB(c2cccc3c2-c2ccccc2C3C2C3CC4CC(C3)CC2C4)OC1(C)C. The van der Waals surface area contributed by atoms with Gasteiger partial charge in [-0.15, -0.1) is 0 Å². The van der Waals surface area contributed by atoms with Crippen molar-refractivity contribution in [3.63, 3.8) is 0 Å². The van der Waals surface area contributed by atoms with Crippen molar-refractivity contribution in [2.24, 2.45) is 29.6 Å². The van der Waals surface area contributed by atoms with Crippen molar-refractivity contribution in [1.29, 1.82) is 0 Å². The third-order valence-corrected chi connectivity index (χ3v) is 10.2. The minimum Gasteiger partial charge on any atom is -0.399 e. The summed E-state index contributed by atoms with van der Waals surface area (Å²) in [4.78, 5) is 0. The number of rotatable bonds is 2. The van der Waals surface area contributed by atoms with Crippen molar-refractivity contribution in [2.75, 3.05) is 0 Å². The van der Waals surface area contributed by atoms with E-state index in [0.717, 1.165) is 29.6 Å². The molecule has 2 nitrogen and oxygen atoms in total. The summed E-state index contributed by atoms with van der Waals surface area (Å²) in [5.41, 5.74) is 6.50. The molecule has 6 aliphatic rings. The minimum atomic E-state index is -0.320. The van der Waals surface area contributed by atoms with E-state index in [1.807, 2.05) is 0 Å². The van der Waals surface area contributed by atoms with Crippen molar-refractivity contribution in [1.82, 2.24) is 0 Å². The highest BCUT2D eigenvalue weighted by Crippen LogP contribution is 2.63. The Morgan fingerprint density at radius 2 is 1.31 bits per heavy atom. The normalized spacial score (nSPS) is 37.6. The molecule has 1 atom stereocenters. The van der Waals surface area contributed by atoms with Crippen LogP contribution in [-0.2, 0) is 9.31 Å². The third-order valence-electron chi connectivity index (χ3n) is 10.2. The van der Waals surface area contributed by atoms with Crippen molar-refractivity contribution >= 4 is 12.6 Å². The molecule has 0 amide bonds. The summed E-state index contributed by atoms with van der Waals surface area (Å²) in [6.07, 6.45) is 7.42. The Hall–Kier alpha value is -1.58. The smallest absolute Gasteiger partial charge is 0.399 e. The Bertz CT molecular complexity index is 1040. The lowest BCUT2D eigenvalue weighted by atomic mass is 9.49. The molecule has 0 radical (unpaired) electrons. The average molecular weight is 426 g/mol. The first-order valence-corrected chi connectivity index (χ1v) is 12.9. The molecule has 1 saturated heterocycles. The summed E-state index contributed by atoms with van der Waals surface area (Å²) in [6, 6.07) is 16.1. The Kier molecular flexibility index (Phi) is 4.04. The Balaban J connectivity index is 1.36. The Morgan fingerprint density at radius 1 is 0.719 bits per heavy atom. The summed E-state index contributed by atoms with van der Waals surface area (Å²) in [6.45, 7) is 8.62. The molecule has 4 bridgehead atoms. The Labute approximate surface area is 193 Å². The van der Waals surface area contributed by atoms with Gasteiger partial charge in [-0.25, -0.2) is 0 Å². The van der Waals surface area contributed by atoms with Gasteiger partial charge >= 0.3 is 7.12 Å². The zero-order chi connectivity index (χ0) is 21.8. The lowest BCUT2D eigenvalue weighted by molar-refractivity contribution is -0.0424. The molecule has 0 spiro atoms. The van der Waals surface area contributed by atoms with Gasteiger partial charge in [-0.2, -0.15) is 0 Å². The largest absolute Gasteiger partial charge is 0.495 e. The van der Waals surface area contributed by atoms with Crippen LogP contribution in [-0.4, -0.2) is 18.3 Å². The molecular weight excluding hydrogens is 391 g/mol. The average Bonchev–Trinajstić information content (AvgIpc) is 3.18. The molecule has 1 aliphatic heterocycles. The lowest BCUT2D eigenvalue weighted by Crippen LogP contribution is -2.47. The van der Waals surface area contributed by atoms with E-state index in [0.29, 0.717) is 5.92 Å². The van der Waals surface area contributed by atoms with E-state index >= 15 is 0 Å². The third kappa shape index (κ3) is 2.61. The molecule has 5 aliphatic carbocycles. The van der Waals surface area contributed by atoms with Gasteiger partial charge in [0.25, 0.3) is 0 Å². The fourth-order valence-electron chi connectivity index (χ4n) is 8.42. The predicted molar refractivity (Wildman–Crippen MR) is 130 cm³/mol. The number of fused-ring (bicyclic) bond motifs is 3. The molecule has 2 aromatic carbocycles. The van der Waals surface area contributed by atoms with Gasteiger partial charge < -0.3 is 9.31 Å². The molecule has 1 heterocycles. The van der Waals surface area contributed by atoms with Crippen LogP contribution in [0, 0.1) is 29.6 Å². The molecule has 5 fully saturated rings. The molecule has 8 rings (SSSR count). The monoisotopic (exact) mass is 426 g/mol. The second-order valence-corrected chi connectivity index (χ2v) is 12.5. The maximum Gasteiger partial charge on any atom is 0.495 e. The van der Waals surface area contributed by atoms with Gasteiger partial charge in [0.1, 0.15) is 0 Å². The molecule has 2 aromatic rings. The van der Waals surface area contributed by atoms with Gasteiger partial charge in [-0.05, 0) is 117 Å². The van der Waals surface area contributed by atoms with Crippen molar-refractivity contribution in [2.45, 2.75) is 76.9 Å². The van der Waals surface area contributed by atoms with Gasteiger partial charge in [0, 0.05) is 5.92 Å².